The first kappa shape index (κ1) is 13.1. The topological polar surface area (TPSA) is 42.2 Å². The maximum atomic E-state index is 5.38. The van der Waals surface area contributed by atoms with Crippen LogP contribution < -0.4 is 4.90 Å². The summed E-state index contributed by atoms with van der Waals surface area (Å²) >= 11 is 0. The van der Waals surface area contributed by atoms with E-state index in [9.17, 15) is 0 Å². The molecule has 1 aliphatic carbocycles. The van der Waals surface area contributed by atoms with Gasteiger partial charge in [-0.25, -0.2) is 4.98 Å². The van der Waals surface area contributed by atoms with Gasteiger partial charge in [-0.3, -0.25) is 0 Å². The maximum Gasteiger partial charge on any atom is 0.260 e. The molecule has 0 N–H and O–H groups in total. The first-order valence-electron chi connectivity index (χ1n) is 8.21. The van der Waals surface area contributed by atoms with Crippen LogP contribution in [0, 0.1) is 25.7 Å². The molecule has 4 nitrogen and oxygen atoms in total. The van der Waals surface area contributed by atoms with Crippen LogP contribution in [0.4, 0.5) is 5.69 Å². The van der Waals surface area contributed by atoms with Crippen molar-refractivity contribution in [2.24, 2.45) is 11.8 Å². The molecule has 0 spiro atoms. The van der Waals surface area contributed by atoms with Gasteiger partial charge in [0.25, 0.3) is 5.71 Å². The summed E-state index contributed by atoms with van der Waals surface area (Å²) in [6, 6.07) is 2.20. The average molecular weight is 285 g/mol. The molecule has 2 aromatic rings. The minimum Gasteiger partial charge on any atom is -0.370 e. The Labute approximate surface area is 125 Å². The van der Waals surface area contributed by atoms with Crippen LogP contribution in [0.5, 0.6) is 0 Å². The van der Waals surface area contributed by atoms with E-state index < -0.39 is 0 Å². The highest BCUT2D eigenvalue weighted by Gasteiger charge is 2.32. The lowest BCUT2D eigenvalue weighted by Gasteiger charge is -2.41. The van der Waals surface area contributed by atoms with Gasteiger partial charge in [0.05, 0.1) is 16.8 Å². The second-order valence-corrected chi connectivity index (χ2v) is 6.77. The van der Waals surface area contributed by atoms with Crippen LogP contribution in [0.15, 0.2) is 10.6 Å². The van der Waals surface area contributed by atoms with Gasteiger partial charge in [0.1, 0.15) is 0 Å². The fourth-order valence-corrected chi connectivity index (χ4v) is 3.97. The zero-order valence-corrected chi connectivity index (χ0v) is 12.9. The number of piperidine rings is 1. The van der Waals surface area contributed by atoms with Crippen LogP contribution in [0.25, 0.3) is 11.1 Å². The number of fused-ring (bicyclic) bond motifs is 1. The van der Waals surface area contributed by atoms with Gasteiger partial charge in [-0.15, -0.1) is 0 Å². The lowest BCUT2D eigenvalue weighted by atomic mass is 9.73. The molecule has 0 amide bonds. The van der Waals surface area contributed by atoms with E-state index in [0.29, 0.717) is 5.71 Å². The van der Waals surface area contributed by atoms with E-state index in [1.807, 2.05) is 13.8 Å². The highest BCUT2D eigenvalue weighted by molar-refractivity contribution is 5.90. The number of hydrogen-bond donors (Lipinski definition) is 0. The number of pyridine rings is 1. The van der Waals surface area contributed by atoms with Crippen LogP contribution in [0.3, 0.4) is 0 Å². The highest BCUT2D eigenvalue weighted by Crippen LogP contribution is 2.40. The molecular formula is C17H23N3O. The SMILES string of the molecule is Cc1cc(N2CCCC(C3CCC3)C2)c2c(C)noc2n1. The van der Waals surface area contributed by atoms with Crippen molar-refractivity contribution in [3.8, 4) is 0 Å². The molecule has 0 radical (unpaired) electrons. The summed E-state index contributed by atoms with van der Waals surface area (Å²) in [5.41, 5.74) is 3.94. The summed E-state index contributed by atoms with van der Waals surface area (Å²) in [6.45, 7) is 6.38. The van der Waals surface area contributed by atoms with E-state index in [1.165, 1.54) is 44.3 Å². The van der Waals surface area contributed by atoms with Crippen molar-refractivity contribution >= 4 is 16.8 Å². The van der Waals surface area contributed by atoms with Gasteiger partial charge < -0.3 is 9.42 Å². The van der Waals surface area contributed by atoms with Crippen LogP contribution >= 0.6 is 0 Å². The van der Waals surface area contributed by atoms with E-state index in [-0.39, 0.29) is 0 Å². The molecule has 0 bridgehead atoms. The third kappa shape index (κ3) is 2.21. The minimum absolute atomic E-state index is 0.688. The average Bonchev–Trinajstić information content (AvgIpc) is 2.78. The molecule has 1 saturated heterocycles. The number of anilines is 1. The first-order chi connectivity index (χ1) is 10.2. The van der Waals surface area contributed by atoms with Crippen molar-refractivity contribution in [3.05, 3.63) is 17.5 Å². The van der Waals surface area contributed by atoms with E-state index in [2.05, 4.69) is 21.1 Å². The van der Waals surface area contributed by atoms with Gasteiger partial charge in [0.2, 0.25) is 0 Å². The Balaban J connectivity index is 1.69. The van der Waals surface area contributed by atoms with Crippen molar-refractivity contribution in [3.63, 3.8) is 0 Å². The van der Waals surface area contributed by atoms with Gasteiger partial charge >= 0.3 is 0 Å². The van der Waals surface area contributed by atoms with Crippen molar-refractivity contribution in [1.82, 2.24) is 10.1 Å². The lowest BCUT2D eigenvalue weighted by Crippen LogP contribution is -2.40. The summed E-state index contributed by atoms with van der Waals surface area (Å²) in [5, 5.41) is 5.22. The number of nitrogens with zero attached hydrogens (tertiary/aromatic N) is 3. The lowest BCUT2D eigenvalue weighted by molar-refractivity contribution is 0.184. The molecule has 2 fully saturated rings. The highest BCUT2D eigenvalue weighted by atomic mass is 16.5. The fourth-order valence-electron chi connectivity index (χ4n) is 3.97. The second-order valence-electron chi connectivity index (χ2n) is 6.77. The zero-order valence-electron chi connectivity index (χ0n) is 12.9. The number of aromatic nitrogens is 2. The molecule has 1 saturated carbocycles. The Morgan fingerprint density at radius 2 is 1.95 bits per heavy atom. The van der Waals surface area contributed by atoms with Crippen LogP contribution in [0.2, 0.25) is 0 Å². The minimum atomic E-state index is 0.688. The van der Waals surface area contributed by atoms with Gasteiger partial charge in [-0.2, -0.15) is 0 Å². The summed E-state index contributed by atoms with van der Waals surface area (Å²) in [4.78, 5) is 7.03. The summed E-state index contributed by atoms with van der Waals surface area (Å²) in [6.07, 6.45) is 7.01. The first-order valence-corrected chi connectivity index (χ1v) is 8.21. The Kier molecular flexibility index (Phi) is 3.12. The van der Waals surface area contributed by atoms with Crippen molar-refractivity contribution < 1.29 is 4.52 Å². The van der Waals surface area contributed by atoms with E-state index in [1.54, 1.807) is 0 Å². The van der Waals surface area contributed by atoms with E-state index in [0.717, 1.165) is 35.2 Å². The standard InChI is InChI=1S/C17H23N3O/c1-11-9-15(16-12(2)19-21-17(16)18-11)20-8-4-7-14(10-20)13-5-3-6-13/h9,13-14H,3-8,10H2,1-2H3. The number of aryl methyl sites for hydroxylation is 2. The Morgan fingerprint density at radius 3 is 2.71 bits per heavy atom. The molecule has 4 rings (SSSR count). The largest absolute Gasteiger partial charge is 0.370 e. The predicted octanol–water partition coefficient (Wildman–Crippen LogP) is 3.86. The summed E-state index contributed by atoms with van der Waals surface area (Å²) in [5.74, 6) is 1.84. The molecular weight excluding hydrogens is 262 g/mol. The van der Waals surface area contributed by atoms with Crippen LogP contribution in [-0.4, -0.2) is 23.2 Å². The van der Waals surface area contributed by atoms with Gasteiger partial charge in [-0.1, -0.05) is 24.4 Å². The second kappa shape index (κ2) is 5.00. The van der Waals surface area contributed by atoms with Crippen LogP contribution in [-0.2, 0) is 0 Å². The molecule has 1 atom stereocenters. The number of rotatable bonds is 2. The van der Waals surface area contributed by atoms with Gasteiger partial charge in [0, 0.05) is 18.8 Å². The smallest absolute Gasteiger partial charge is 0.260 e. The molecule has 0 aromatic carbocycles. The summed E-state index contributed by atoms with van der Waals surface area (Å²) in [7, 11) is 0. The van der Waals surface area contributed by atoms with Crippen LogP contribution in [0.1, 0.15) is 43.5 Å². The third-order valence-corrected chi connectivity index (χ3v) is 5.34. The molecule has 1 unspecified atom stereocenters. The molecule has 4 heteroatoms. The molecule has 21 heavy (non-hydrogen) atoms. The van der Waals surface area contributed by atoms with Crippen molar-refractivity contribution in [1.29, 1.82) is 0 Å². The molecule has 112 valence electrons. The van der Waals surface area contributed by atoms with Crippen molar-refractivity contribution in [2.45, 2.75) is 46.0 Å². The Hall–Kier alpha value is -1.58. The maximum absolute atomic E-state index is 5.38. The Bertz CT molecular complexity index is 659. The third-order valence-electron chi connectivity index (χ3n) is 5.34. The summed E-state index contributed by atoms with van der Waals surface area (Å²) < 4.78 is 5.38. The predicted molar refractivity (Wildman–Crippen MR) is 83.6 cm³/mol. The number of hydrogen-bond acceptors (Lipinski definition) is 4. The van der Waals surface area contributed by atoms with E-state index in [4.69, 9.17) is 4.52 Å². The molecule has 3 heterocycles. The quantitative estimate of drug-likeness (QED) is 0.840. The van der Waals surface area contributed by atoms with Crippen molar-refractivity contribution in [2.75, 3.05) is 18.0 Å². The molecule has 2 aromatic heterocycles. The Morgan fingerprint density at radius 1 is 1.14 bits per heavy atom. The van der Waals surface area contributed by atoms with Gasteiger partial charge in [-0.05, 0) is 44.6 Å². The molecule has 1 aliphatic heterocycles. The normalized spacial score (nSPS) is 23.5. The van der Waals surface area contributed by atoms with E-state index >= 15 is 0 Å². The fraction of sp³-hybridized carbons (Fsp3) is 0.647. The monoisotopic (exact) mass is 285 g/mol. The zero-order chi connectivity index (χ0) is 14.4. The van der Waals surface area contributed by atoms with Gasteiger partial charge in [0.15, 0.2) is 0 Å². The molecule has 2 aliphatic rings.